The van der Waals surface area contributed by atoms with Crippen LogP contribution in [0.3, 0.4) is 0 Å². The quantitative estimate of drug-likeness (QED) is 0.621. The molecule has 24 heavy (non-hydrogen) atoms. The van der Waals surface area contributed by atoms with Gasteiger partial charge in [-0.25, -0.2) is 0 Å². The molecule has 0 spiro atoms. The number of thioether (sulfide) groups is 1. The van der Waals surface area contributed by atoms with Crippen molar-refractivity contribution in [1.82, 2.24) is 0 Å². The summed E-state index contributed by atoms with van der Waals surface area (Å²) in [6.45, 7) is 2.92. The lowest BCUT2D eigenvalue weighted by Crippen LogP contribution is -2.16. The topological polar surface area (TPSA) is 75.3 Å². The van der Waals surface area contributed by atoms with Gasteiger partial charge in [0.05, 0.1) is 11.4 Å². The molecular weight excluding hydrogens is 324 g/mol. The fraction of sp³-hybridized carbons (Fsp3) is 0.167. The summed E-state index contributed by atoms with van der Waals surface area (Å²) in [6, 6.07) is 14.2. The van der Waals surface area contributed by atoms with E-state index in [4.69, 9.17) is 0 Å². The number of Topliss-reactive ketones (excluding diaryl/α,β-unsaturated/α-hetero) is 1. The fourth-order valence-electron chi connectivity index (χ4n) is 2.07. The Morgan fingerprint density at radius 3 is 2.21 bits per heavy atom. The molecule has 2 amide bonds. The minimum absolute atomic E-state index is 0.0906. The normalized spacial score (nSPS) is 10.1. The summed E-state index contributed by atoms with van der Waals surface area (Å²) in [5.41, 5.74) is 1.74. The monoisotopic (exact) mass is 342 g/mol. The maximum atomic E-state index is 12.1. The van der Waals surface area contributed by atoms with Crippen LogP contribution in [0.15, 0.2) is 53.4 Å². The van der Waals surface area contributed by atoms with E-state index in [1.807, 2.05) is 12.1 Å². The van der Waals surface area contributed by atoms with Crippen LogP contribution in [0, 0.1) is 0 Å². The molecule has 124 valence electrons. The van der Waals surface area contributed by atoms with E-state index in [0.717, 1.165) is 4.90 Å². The van der Waals surface area contributed by atoms with Gasteiger partial charge >= 0.3 is 0 Å². The van der Waals surface area contributed by atoms with E-state index in [1.54, 1.807) is 36.4 Å². The van der Waals surface area contributed by atoms with E-state index in [9.17, 15) is 14.4 Å². The molecule has 0 heterocycles. The van der Waals surface area contributed by atoms with Crippen molar-refractivity contribution in [2.45, 2.75) is 18.7 Å². The van der Waals surface area contributed by atoms with E-state index in [-0.39, 0.29) is 23.4 Å². The lowest BCUT2D eigenvalue weighted by molar-refractivity contribution is -0.114. The van der Waals surface area contributed by atoms with E-state index in [1.165, 1.54) is 25.6 Å². The maximum Gasteiger partial charge on any atom is 0.234 e. The number of nitrogens with one attached hydrogen (secondary N) is 2. The van der Waals surface area contributed by atoms with Crippen molar-refractivity contribution in [2.75, 3.05) is 16.4 Å². The second-order valence-electron chi connectivity index (χ2n) is 5.14. The molecule has 0 saturated carbocycles. The largest absolute Gasteiger partial charge is 0.326 e. The van der Waals surface area contributed by atoms with Crippen LogP contribution in [-0.2, 0) is 9.59 Å². The summed E-state index contributed by atoms with van der Waals surface area (Å²) in [5, 5.41) is 5.45. The van der Waals surface area contributed by atoms with Gasteiger partial charge in [-0.05, 0) is 43.3 Å². The van der Waals surface area contributed by atoms with Gasteiger partial charge in [0.25, 0.3) is 0 Å². The van der Waals surface area contributed by atoms with Crippen molar-refractivity contribution in [3.8, 4) is 0 Å². The van der Waals surface area contributed by atoms with Gasteiger partial charge in [-0.3, -0.25) is 14.4 Å². The third-order valence-corrected chi connectivity index (χ3v) is 4.14. The SMILES string of the molecule is CC(=O)Nc1ccc(SCC(=O)Nc2ccccc2C(C)=O)cc1. The molecule has 0 saturated heterocycles. The molecule has 0 aliphatic rings. The molecule has 0 atom stereocenters. The van der Waals surface area contributed by atoms with Gasteiger partial charge in [-0.2, -0.15) is 0 Å². The number of para-hydroxylation sites is 1. The van der Waals surface area contributed by atoms with Crippen LogP contribution in [0.1, 0.15) is 24.2 Å². The molecule has 2 aromatic carbocycles. The van der Waals surface area contributed by atoms with Gasteiger partial charge in [0.1, 0.15) is 0 Å². The minimum Gasteiger partial charge on any atom is -0.326 e. The fourth-order valence-corrected chi connectivity index (χ4v) is 2.77. The smallest absolute Gasteiger partial charge is 0.234 e. The molecule has 6 heteroatoms. The van der Waals surface area contributed by atoms with Crippen molar-refractivity contribution in [3.05, 3.63) is 54.1 Å². The van der Waals surface area contributed by atoms with E-state index in [0.29, 0.717) is 16.9 Å². The highest BCUT2D eigenvalue weighted by Gasteiger charge is 2.10. The molecule has 0 fully saturated rings. The minimum atomic E-state index is -0.181. The summed E-state index contributed by atoms with van der Waals surface area (Å²) in [7, 11) is 0. The van der Waals surface area contributed by atoms with Crippen LogP contribution < -0.4 is 10.6 Å². The molecule has 0 aliphatic heterocycles. The lowest BCUT2D eigenvalue weighted by atomic mass is 10.1. The Labute approximate surface area is 144 Å². The number of ketones is 1. The predicted molar refractivity (Wildman–Crippen MR) is 96.5 cm³/mol. The summed E-state index contributed by atoms with van der Waals surface area (Å²) in [4.78, 5) is 35.5. The Morgan fingerprint density at radius 2 is 1.58 bits per heavy atom. The number of hydrogen-bond acceptors (Lipinski definition) is 4. The van der Waals surface area contributed by atoms with Gasteiger partial charge in [-0.1, -0.05) is 12.1 Å². The number of amides is 2. The summed E-state index contributed by atoms with van der Waals surface area (Å²) in [5.74, 6) is -0.170. The van der Waals surface area contributed by atoms with Gasteiger partial charge in [-0.15, -0.1) is 11.8 Å². The Hall–Kier alpha value is -2.60. The molecule has 2 N–H and O–H groups in total. The van der Waals surface area contributed by atoms with Crippen molar-refractivity contribution in [3.63, 3.8) is 0 Å². The first-order valence-electron chi connectivity index (χ1n) is 7.36. The molecule has 0 unspecified atom stereocenters. The first-order chi connectivity index (χ1) is 11.5. The van der Waals surface area contributed by atoms with E-state index < -0.39 is 0 Å². The van der Waals surface area contributed by atoms with E-state index >= 15 is 0 Å². The second-order valence-corrected chi connectivity index (χ2v) is 6.19. The Kier molecular flexibility index (Phi) is 6.14. The predicted octanol–water partition coefficient (Wildman–Crippen LogP) is 3.58. The maximum absolute atomic E-state index is 12.1. The number of hydrogen-bond donors (Lipinski definition) is 2. The highest BCUT2D eigenvalue weighted by atomic mass is 32.2. The van der Waals surface area contributed by atoms with Crippen LogP contribution in [0.4, 0.5) is 11.4 Å². The Morgan fingerprint density at radius 1 is 0.917 bits per heavy atom. The molecule has 0 aromatic heterocycles. The first kappa shape index (κ1) is 17.7. The van der Waals surface area contributed by atoms with Crippen LogP contribution >= 0.6 is 11.8 Å². The third kappa shape index (κ3) is 5.24. The number of carbonyl (C=O) groups excluding carboxylic acids is 3. The molecule has 0 bridgehead atoms. The number of carbonyl (C=O) groups is 3. The summed E-state index contributed by atoms with van der Waals surface area (Å²) < 4.78 is 0. The molecule has 0 radical (unpaired) electrons. The van der Waals surface area contributed by atoms with Crippen LogP contribution in [-0.4, -0.2) is 23.4 Å². The van der Waals surface area contributed by atoms with E-state index in [2.05, 4.69) is 10.6 Å². The molecule has 0 aliphatic carbocycles. The number of rotatable bonds is 6. The average molecular weight is 342 g/mol. The standard InChI is InChI=1S/C18H18N2O3S/c1-12(21)16-5-3-4-6-17(16)20-18(23)11-24-15-9-7-14(8-10-15)19-13(2)22/h3-10H,11H2,1-2H3,(H,19,22)(H,20,23). The van der Waals surface area contributed by atoms with Gasteiger partial charge in [0, 0.05) is 23.1 Å². The summed E-state index contributed by atoms with van der Waals surface area (Å²) >= 11 is 1.38. The highest BCUT2D eigenvalue weighted by Crippen LogP contribution is 2.21. The van der Waals surface area contributed by atoms with Crippen LogP contribution in [0.2, 0.25) is 0 Å². The zero-order chi connectivity index (χ0) is 17.5. The van der Waals surface area contributed by atoms with Gasteiger partial charge in [0.15, 0.2) is 5.78 Å². The van der Waals surface area contributed by atoms with Gasteiger partial charge in [0.2, 0.25) is 11.8 Å². The Bertz CT molecular complexity index is 757. The second kappa shape index (κ2) is 8.31. The van der Waals surface area contributed by atoms with Crippen LogP contribution in [0.25, 0.3) is 0 Å². The Balaban J connectivity index is 1.92. The van der Waals surface area contributed by atoms with Crippen molar-refractivity contribution in [1.29, 1.82) is 0 Å². The zero-order valence-electron chi connectivity index (χ0n) is 13.5. The molecule has 2 rings (SSSR count). The van der Waals surface area contributed by atoms with Crippen molar-refractivity contribution < 1.29 is 14.4 Å². The lowest BCUT2D eigenvalue weighted by Gasteiger charge is -2.09. The molecule has 5 nitrogen and oxygen atoms in total. The third-order valence-electron chi connectivity index (χ3n) is 3.13. The molecular formula is C18H18N2O3S. The van der Waals surface area contributed by atoms with Crippen molar-refractivity contribution in [2.24, 2.45) is 0 Å². The first-order valence-corrected chi connectivity index (χ1v) is 8.34. The highest BCUT2D eigenvalue weighted by molar-refractivity contribution is 8.00. The average Bonchev–Trinajstić information content (AvgIpc) is 2.54. The number of benzene rings is 2. The zero-order valence-corrected chi connectivity index (χ0v) is 14.3. The summed E-state index contributed by atoms with van der Waals surface area (Å²) in [6.07, 6.45) is 0. The number of anilines is 2. The van der Waals surface area contributed by atoms with Crippen molar-refractivity contribution >= 4 is 40.7 Å². The molecule has 2 aromatic rings. The van der Waals surface area contributed by atoms with Crippen LogP contribution in [0.5, 0.6) is 0 Å². The van der Waals surface area contributed by atoms with Gasteiger partial charge < -0.3 is 10.6 Å².